The molecule has 0 aliphatic rings. The van der Waals surface area contributed by atoms with Gasteiger partial charge in [0.25, 0.3) is 0 Å². The maximum atomic E-state index is 9.39. The van der Waals surface area contributed by atoms with Gasteiger partial charge in [-0.3, -0.25) is 0 Å². The fraction of sp³-hybridized carbons (Fsp3) is 0.333. The Balaban J connectivity index is 0. The predicted octanol–water partition coefficient (Wildman–Crippen LogP) is -0.317. The topological polar surface area (TPSA) is 34.1 Å². The molecule has 0 aliphatic carbocycles. The van der Waals surface area contributed by atoms with Gasteiger partial charge in [-0.05, 0) is 6.92 Å². The van der Waals surface area contributed by atoms with Crippen molar-refractivity contribution in [1.82, 2.24) is 0 Å². The normalized spacial score (nSPS) is 5.50. The third kappa shape index (κ3) is 9.03. The number of hydrogen-bond acceptors (Lipinski definition) is 2. The molecule has 0 bridgehead atoms. The summed E-state index contributed by atoms with van der Waals surface area (Å²) in [4.78, 5) is 18.4. The van der Waals surface area contributed by atoms with Gasteiger partial charge in [-0.25, -0.2) is 0 Å². The fourth-order valence-corrected chi connectivity index (χ4v) is 0. The summed E-state index contributed by atoms with van der Waals surface area (Å²) in [5.74, 6) is -0.551. The van der Waals surface area contributed by atoms with Crippen LogP contribution in [0.2, 0.25) is 0 Å². The third-order valence-electron chi connectivity index (χ3n) is 0.144. The van der Waals surface area contributed by atoms with Crippen LogP contribution in [0.4, 0.5) is 0 Å². The SMILES string of the molecule is CC(=O)[C-]=O.[Rh]. The van der Waals surface area contributed by atoms with E-state index < -0.39 is 5.78 Å². The van der Waals surface area contributed by atoms with E-state index in [-0.39, 0.29) is 19.5 Å². The number of rotatable bonds is 1. The van der Waals surface area contributed by atoms with Crippen LogP contribution in [0.3, 0.4) is 0 Å². The van der Waals surface area contributed by atoms with Crippen molar-refractivity contribution in [1.29, 1.82) is 0 Å². The Morgan fingerprint density at radius 2 is 1.83 bits per heavy atom. The molecule has 2 nitrogen and oxygen atoms in total. The summed E-state index contributed by atoms with van der Waals surface area (Å²) in [5, 5.41) is 0. The van der Waals surface area contributed by atoms with Crippen LogP contribution in [0.15, 0.2) is 0 Å². The summed E-state index contributed by atoms with van der Waals surface area (Å²) in [6, 6.07) is 0. The quantitative estimate of drug-likeness (QED) is 0.310. The molecule has 0 heterocycles. The first kappa shape index (κ1) is 9.35. The number of carbonyl (C=O) groups excluding carboxylic acids is 2. The van der Waals surface area contributed by atoms with E-state index in [2.05, 4.69) is 0 Å². The summed E-state index contributed by atoms with van der Waals surface area (Å²) in [7, 11) is 0. The molecule has 0 aromatic heterocycles. The van der Waals surface area contributed by atoms with Gasteiger partial charge in [0.15, 0.2) is 0 Å². The van der Waals surface area contributed by atoms with E-state index in [0.29, 0.717) is 0 Å². The zero-order valence-corrected chi connectivity index (χ0v) is 4.79. The second-order valence-corrected chi connectivity index (χ2v) is 0.658. The molecule has 0 aromatic rings. The van der Waals surface area contributed by atoms with E-state index >= 15 is 0 Å². The monoisotopic (exact) mass is 174 g/mol. The van der Waals surface area contributed by atoms with Crippen molar-refractivity contribution in [2.45, 2.75) is 6.92 Å². The average molecular weight is 174 g/mol. The standard InChI is InChI=1S/C3H3O2.Rh/c1-3(5)2-4;/h1H3;/q-1;. The summed E-state index contributed by atoms with van der Waals surface area (Å²) in [6.45, 7) is 1.16. The summed E-state index contributed by atoms with van der Waals surface area (Å²) >= 11 is 0. The van der Waals surface area contributed by atoms with Crippen molar-refractivity contribution in [3.63, 3.8) is 0 Å². The Hall–Kier alpha value is -0.0366. The van der Waals surface area contributed by atoms with Gasteiger partial charge in [-0.15, -0.1) is 0 Å². The Bertz CT molecular complexity index is 59.8. The molecule has 0 saturated heterocycles. The van der Waals surface area contributed by atoms with E-state index in [1.807, 2.05) is 0 Å². The minimum Gasteiger partial charge on any atom is -0.534 e. The van der Waals surface area contributed by atoms with E-state index in [1.54, 1.807) is 0 Å². The van der Waals surface area contributed by atoms with Gasteiger partial charge >= 0.3 is 0 Å². The van der Waals surface area contributed by atoms with E-state index in [4.69, 9.17) is 4.79 Å². The first-order chi connectivity index (χ1) is 2.27. The average Bonchev–Trinajstić information content (AvgIpc) is 1.38. The molecule has 0 amide bonds. The minimum atomic E-state index is -0.551. The van der Waals surface area contributed by atoms with Crippen LogP contribution in [0.5, 0.6) is 0 Å². The second kappa shape index (κ2) is 4.96. The zero-order valence-electron chi connectivity index (χ0n) is 3.15. The van der Waals surface area contributed by atoms with Crippen molar-refractivity contribution < 1.29 is 29.1 Å². The Kier molecular flexibility index (Phi) is 7.74. The van der Waals surface area contributed by atoms with Crippen molar-refractivity contribution in [2.75, 3.05) is 0 Å². The number of carbonyl (C=O) groups is 1. The van der Waals surface area contributed by atoms with E-state index in [9.17, 15) is 4.79 Å². The number of hydrogen-bond donors (Lipinski definition) is 0. The first-order valence-electron chi connectivity index (χ1n) is 1.16. The van der Waals surface area contributed by atoms with Crippen molar-refractivity contribution >= 4 is 12.1 Å². The van der Waals surface area contributed by atoms with Gasteiger partial charge in [0.2, 0.25) is 0 Å². The molecule has 37 valence electrons. The van der Waals surface area contributed by atoms with Crippen LogP contribution in [0.1, 0.15) is 6.92 Å². The maximum absolute atomic E-state index is 9.39. The van der Waals surface area contributed by atoms with Crippen LogP contribution in [0, 0.1) is 0 Å². The van der Waals surface area contributed by atoms with Gasteiger partial charge in [0.05, 0.1) is 0 Å². The number of ketones is 1. The molecule has 0 rings (SSSR count). The van der Waals surface area contributed by atoms with Crippen LogP contribution in [0.25, 0.3) is 0 Å². The molecule has 0 saturated carbocycles. The van der Waals surface area contributed by atoms with Gasteiger partial charge in [-0.1, -0.05) is 0 Å². The molecule has 3 heteroatoms. The van der Waals surface area contributed by atoms with E-state index in [0.717, 1.165) is 13.2 Å². The van der Waals surface area contributed by atoms with Gasteiger partial charge in [0.1, 0.15) is 0 Å². The molecule has 0 fully saturated rings. The van der Waals surface area contributed by atoms with Crippen LogP contribution >= 0.6 is 0 Å². The molecular weight excluding hydrogens is 171 g/mol. The fourth-order valence-electron chi connectivity index (χ4n) is 0. The summed E-state index contributed by atoms with van der Waals surface area (Å²) < 4.78 is 0. The van der Waals surface area contributed by atoms with Crippen LogP contribution in [-0.4, -0.2) is 12.1 Å². The first-order valence-corrected chi connectivity index (χ1v) is 1.16. The van der Waals surface area contributed by atoms with Gasteiger partial charge in [-0.2, -0.15) is 6.29 Å². The third-order valence-corrected chi connectivity index (χ3v) is 0.144. The minimum absolute atomic E-state index is 0. The largest absolute Gasteiger partial charge is 0.534 e. The Morgan fingerprint density at radius 1 is 1.67 bits per heavy atom. The van der Waals surface area contributed by atoms with Crippen LogP contribution in [-0.2, 0) is 29.1 Å². The van der Waals surface area contributed by atoms with Gasteiger partial charge < -0.3 is 9.59 Å². The molecule has 6 heavy (non-hydrogen) atoms. The smallest absolute Gasteiger partial charge is 0.0121 e. The molecule has 1 radical (unpaired) electrons. The van der Waals surface area contributed by atoms with Crippen LogP contribution < -0.4 is 0 Å². The van der Waals surface area contributed by atoms with Crippen molar-refractivity contribution in [3.05, 3.63) is 0 Å². The molecule has 0 atom stereocenters. The van der Waals surface area contributed by atoms with Crippen molar-refractivity contribution in [2.24, 2.45) is 0 Å². The van der Waals surface area contributed by atoms with E-state index in [1.165, 1.54) is 0 Å². The molecular formula is C3H3O2Rh-. The maximum Gasteiger partial charge on any atom is 0.0121 e. The molecule has 0 unspecified atom stereocenters. The van der Waals surface area contributed by atoms with Crippen molar-refractivity contribution in [3.8, 4) is 0 Å². The second-order valence-electron chi connectivity index (χ2n) is 0.658. The Labute approximate surface area is 48.7 Å². The molecule has 0 aliphatic heterocycles. The summed E-state index contributed by atoms with van der Waals surface area (Å²) in [6.07, 6.45) is 1.14. The zero-order chi connectivity index (χ0) is 4.28. The number of Topliss-reactive ketones (excluding diaryl/α,β-unsaturated/α-hetero) is 1. The molecule has 0 N–H and O–H groups in total. The summed E-state index contributed by atoms with van der Waals surface area (Å²) in [5.41, 5.74) is 0. The molecule has 0 aromatic carbocycles. The predicted molar refractivity (Wildman–Crippen MR) is 16.4 cm³/mol. The van der Waals surface area contributed by atoms with Gasteiger partial charge in [0, 0.05) is 25.3 Å². The Morgan fingerprint density at radius 3 is 1.83 bits per heavy atom. The molecule has 0 spiro atoms.